The summed E-state index contributed by atoms with van der Waals surface area (Å²) in [5.74, 6) is 3.67. The van der Waals surface area contributed by atoms with Gasteiger partial charge in [-0.05, 0) is 54.2 Å². The number of nitrogens with one attached hydrogen (secondary N) is 1. The first-order valence-electron chi connectivity index (χ1n) is 6.41. The molecular weight excluding hydrogens is 202 g/mol. The molecule has 0 radical (unpaired) electrons. The van der Waals surface area contributed by atoms with Gasteiger partial charge in [0.15, 0.2) is 0 Å². The molecule has 1 nitrogen and oxygen atoms in total. The Morgan fingerprint density at radius 2 is 2.13 bits per heavy atom. The summed E-state index contributed by atoms with van der Waals surface area (Å²) in [5, 5.41) is 3.59. The second kappa shape index (κ2) is 4.29. The van der Waals surface area contributed by atoms with E-state index in [1.54, 1.807) is 0 Å². The number of thioether (sulfide) groups is 1. The number of rotatable bonds is 1. The molecule has 88 valence electrons. The molecule has 0 aliphatic carbocycles. The minimum Gasteiger partial charge on any atom is -0.316 e. The fourth-order valence-corrected chi connectivity index (χ4v) is 5.56. The van der Waals surface area contributed by atoms with Gasteiger partial charge in [0.25, 0.3) is 0 Å². The summed E-state index contributed by atoms with van der Waals surface area (Å²) in [6.07, 6.45) is 4.15. The lowest BCUT2D eigenvalue weighted by molar-refractivity contribution is -0.0103. The lowest BCUT2D eigenvalue weighted by Gasteiger charge is -2.56. The van der Waals surface area contributed by atoms with Gasteiger partial charge in [0.1, 0.15) is 0 Å². The molecule has 0 saturated carbocycles. The molecule has 2 heteroatoms. The van der Waals surface area contributed by atoms with Crippen molar-refractivity contribution >= 4 is 11.8 Å². The Hall–Kier alpha value is 0.310. The van der Waals surface area contributed by atoms with Gasteiger partial charge in [-0.3, -0.25) is 0 Å². The number of piperidine rings is 1. The zero-order chi connectivity index (χ0) is 10.9. The molecule has 2 aliphatic heterocycles. The van der Waals surface area contributed by atoms with E-state index in [1.807, 2.05) is 0 Å². The summed E-state index contributed by atoms with van der Waals surface area (Å²) < 4.78 is 0. The molecule has 2 saturated heterocycles. The first kappa shape index (κ1) is 11.8. The van der Waals surface area contributed by atoms with Crippen LogP contribution in [0.4, 0.5) is 0 Å². The van der Waals surface area contributed by atoms with Crippen LogP contribution >= 0.6 is 11.8 Å². The van der Waals surface area contributed by atoms with Gasteiger partial charge >= 0.3 is 0 Å². The molecule has 0 aromatic rings. The highest BCUT2D eigenvalue weighted by Crippen LogP contribution is 2.56. The number of hydrogen-bond donors (Lipinski definition) is 1. The van der Waals surface area contributed by atoms with Crippen molar-refractivity contribution in [2.75, 3.05) is 24.6 Å². The van der Waals surface area contributed by atoms with Crippen LogP contribution in [0, 0.1) is 16.7 Å². The summed E-state index contributed by atoms with van der Waals surface area (Å²) in [4.78, 5) is 0. The predicted octanol–water partition coefficient (Wildman–Crippen LogP) is 3.16. The Bertz CT molecular complexity index is 221. The van der Waals surface area contributed by atoms with Crippen molar-refractivity contribution < 1.29 is 0 Å². The molecule has 2 rings (SSSR count). The second-order valence-corrected chi connectivity index (χ2v) is 7.01. The van der Waals surface area contributed by atoms with Gasteiger partial charge in [-0.25, -0.2) is 0 Å². The maximum absolute atomic E-state index is 3.59. The Morgan fingerprint density at radius 3 is 2.80 bits per heavy atom. The number of hydrogen-bond acceptors (Lipinski definition) is 2. The van der Waals surface area contributed by atoms with Gasteiger partial charge in [0.2, 0.25) is 0 Å². The summed E-state index contributed by atoms with van der Waals surface area (Å²) in [6.45, 7) is 9.89. The van der Waals surface area contributed by atoms with Gasteiger partial charge in [0.05, 0.1) is 0 Å². The van der Waals surface area contributed by atoms with Crippen molar-refractivity contribution in [3.8, 4) is 0 Å². The van der Waals surface area contributed by atoms with Gasteiger partial charge in [-0.1, -0.05) is 27.2 Å². The van der Waals surface area contributed by atoms with E-state index in [0.29, 0.717) is 10.8 Å². The molecule has 2 atom stereocenters. The highest BCUT2D eigenvalue weighted by atomic mass is 32.2. The third-order valence-corrected chi connectivity index (χ3v) is 6.20. The molecule has 2 unspecified atom stereocenters. The van der Waals surface area contributed by atoms with Crippen molar-refractivity contribution in [1.82, 2.24) is 5.32 Å². The predicted molar refractivity (Wildman–Crippen MR) is 69.4 cm³/mol. The van der Waals surface area contributed by atoms with E-state index in [4.69, 9.17) is 0 Å². The van der Waals surface area contributed by atoms with E-state index in [0.717, 1.165) is 5.92 Å². The van der Waals surface area contributed by atoms with Crippen molar-refractivity contribution in [3.63, 3.8) is 0 Å². The SMILES string of the molecule is CCC1CNCCC12CSCCC2(C)C. The molecule has 15 heavy (non-hydrogen) atoms. The van der Waals surface area contributed by atoms with E-state index < -0.39 is 0 Å². The normalized spacial score (nSPS) is 40.6. The van der Waals surface area contributed by atoms with Crippen LogP contribution in [0.3, 0.4) is 0 Å². The van der Waals surface area contributed by atoms with Crippen LogP contribution in [0.2, 0.25) is 0 Å². The summed E-state index contributed by atoms with van der Waals surface area (Å²) in [6, 6.07) is 0. The second-order valence-electron chi connectivity index (χ2n) is 5.90. The Kier molecular flexibility index (Phi) is 3.37. The highest BCUT2D eigenvalue weighted by Gasteiger charge is 2.51. The molecule has 0 bridgehead atoms. The van der Waals surface area contributed by atoms with Crippen molar-refractivity contribution in [2.45, 2.75) is 40.0 Å². The first-order valence-corrected chi connectivity index (χ1v) is 7.56. The Balaban J connectivity index is 2.26. The largest absolute Gasteiger partial charge is 0.316 e. The maximum Gasteiger partial charge on any atom is -0.000207 e. The minimum atomic E-state index is 0.557. The average molecular weight is 227 g/mol. The maximum atomic E-state index is 3.59. The van der Waals surface area contributed by atoms with Crippen LogP contribution in [-0.4, -0.2) is 24.6 Å². The standard InChI is InChI=1S/C13H25NS/c1-4-11-9-14-7-5-13(11)10-15-8-6-12(13,2)3/h11,14H,4-10H2,1-3H3. The summed E-state index contributed by atoms with van der Waals surface area (Å²) in [7, 11) is 0. The van der Waals surface area contributed by atoms with Crippen LogP contribution in [0.15, 0.2) is 0 Å². The van der Waals surface area contributed by atoms with Crippen LogP contribution < -0.4 is 5.32 Å². The summed E-state index contributed by atoms with van der Waals surface area (Å²) in [5.41, 5.74) is 1.18. The molecule has 2 aliphatic rings. The molecule has 0 aromatic carbocycles. The molecule has 0 amide bonds. The Morgan fingerprint density at radius 1 is 1.33 bits per heavy atom. The molecular formula is C13H25NS. The van der Waals surface area contributed by atoms with E-state index in [-0.39, 0.29) is 0 Å². The zero-order valence-corrected chi connectivity index (χ0v) is 11.3. The van der Waals surface area contributed by atoms with E-state index in [9.17, 15) is 0 Å². The van der Waals surface area contributed by atoms with Gasteiger partial charge < -0.3 is 5.32 Å². The summed E-state index contributed by atoms with van der Waals surface area (Å²) >= 11 is 2.19. The topological polar surface area (TPSA) is 12.0 Å². The lowest BCUT2D eigenvalue weighted by atomic mass is 9.55. The fraction of sp³-hybridized carbons (Fsp3) is 1.00. The molecule has 2 fully saturated rings. The van der Waals surface area contributed by atoms with Gasteiger partial charge in [-0.2, -0.15) is 11.8 Å². The monoisotopic (exact) mass is 227 g/mol. The van der Waals surface area contributed by atoms with Gasteiger partial charge in [0, 0.05) is 0 Å². The van der Waals surface area contributed by atoms with Crippen LogP contribution in [0.1, 0.15) is 40.0 Å². The van der Waals surface area contributed by atoms with E-state index >= 15 is 0 Å². The van der Waals surface area contributed by atoms with Crippen molar-refractivity contribution in [2.24, 2.45) is 16.7 Å². The smallest absolute Gasteiger partial charge is 0.000207 e. The average Bonchev–Trinajstić information content (AvgIpc) is 2.23. The van der Waals surface area contributed by atoms with Crippen LogP contribution in [-0.2, 0) is 0 Å². The lowest BCUT2D eigenvalue weighted by Crippen LogP contribution is -2.55. The van der Waals surface area contributed by atoms with Crippen LogP contribution in [0.5, 0.6) is 0 Å². The van der Waals surface area contributed by atoms with E-state index in [1.165, 1.54) is 43.9 Å². The molecule has 1 N–H and O–H groups in total. The zero-order valence-electron chi connectivity index (χ0n) is 10.4. The van der Waals surface area contributed by atoms with E-state index in [2.05, 4.69) is 37.8 Å². The van der Waals surface area contributed by atoms with Crippen molar-refractivity contribution in [3.05, 3.63) is 0 Å². The third kappa shape index (κ3) is 1.84. The minimum absolute atomic E-state index is 0.557. The van der Waals surface area contributed by atoms with Crippen molar-refractivity contribution in [1.29, 1.82) is 0 Å². The quantitative estimate of drug-likeness (QED) is 0.738. The van der Waals surface area contributed by atoms with Crippen LogP contribution in [0.25, 0.3) is 0 Å². The Labute approximate surface area is 98.8 Å². The third-order valence-electron chi connectivity index (χ3n) is 4.99. The molecule has 1 spiro atoms. The first-order chi connectivity index (χ1) is 7.12. The van der Waals surface area contributed by atoms with Gasteiger partial charge in [-0.15, -0.1) is 0 Å². The molecule has 2 heterocycles. The highest BCUT2D eigenvalue weighted by molar-refractivity contribution is 7.99. The fourth-order valence-electron chi connectivity index (χ4n) is 3.63. The molecule has 0 aromatic heterocycles.